The smallest absolute Gasteiger partial charge is 0.250 e. The van der Waals surface area contributed by atoms with Crippen LogP contribution in [0.25, 0.3) is 11.0 Å². The Bertz CT molecular complexity index is 890. The van der Waals surface area contributed by atoms with E-state index in [4.69, 9.17) is 5.73 Å². The normalized spacial score (nSPS) is 10.8. The maximum Gasteiger partial charge on any atom is 0.250 e. The van der Waals surface area contributed by atoms with E-state index in [0.29, 0.717) is 27.3 Å². The lowest BCUT2D eigenvalue weighted by Crippen LogP contribution is -2.11. The van der Waals surface area contributed by atoms with Crippen LogP contribution < -0.4 is 5.73 Å². The lowest BCUT2D eigenvalue weighted by Gasteiger charge is -1.99. The first-order chi connectivity index (χ1) is 11.0. The molecule has 0 atom stereocenters. The molecule has 0 saturated carbocycles. The Hall–Kier alpha value is -2.67. The number of carbonyl (C=O) groups excluding carboxylic acids is 2. The molecule has 0 fully saturated rings. The van der Waals surface area contributed by atoms with Crippen molar-refractivity contribution in [2.24, 2.45) is 5.73 Å². The first-order valence-electron chi connectivity index (χ1n) is 6.74. The second kappa shape index (κ2) is 6.21. The maximum atomic E-state index is 12.9. The van der Waals surface area contributed by atoms with Crippen molar-refractivity contribution in [2.75, 3.05) is 5.75 Å². The van der Waals surface area contributed by atoms with Crippen LogP contribution in [0.2, 0.25) is 0 Å². The number of nitrogens with two attached hydrogens (primary N) is 1. The number of amides is 1. The van der Waals surface area contributed by atoms with Crippen LogP contribution in [0.4, 0.5) is 4.39 Å². The molecule has 3 N–H and O–H groups in total. The fourth-order valence-corrected chi connectivity index (χ4v) is 2.90. The van der Waals surface area contributed by atoms with E-state index in [2.05, 4.69) is 9.97 Å². The van der Waals surface area contributed by atoms with Gasteiger partial charge in [-0.25, -0.2) is 9.37 Å². The number of imidazole rings is 1. The van der Waals surface area contributed by atoms with E-state index in [9.17, 15) is 14.0 Å². The van der Waals surface area contributed by atoms with Crippen molar-refractivity contribution in [3.05, 3.63) is 59.4 Å². The van der Waals surface area contributed by atoms with Crippen molar-refractivity contribution < 1.29 is 14.0 Å². The molecule has 2 aromatic carbocycles. The number of halogens is 1. The summed E-state index contributed by atoms with van der Waals surface area (Å²) < 4.78 is 12.9. The van der Waals surface area contributed by atoms with Crippen LogP contribution in [-0.2, 0) is 0 Å². The zero-order chi connectivity index (χ0) is 16.4. The average molecular weight is 329 g/mol. The first-order valence-corrected chi connectivity index (χ1v) is 7.73. The molecule has 1 amide bonds. The molecule has 0 radical (unpaired) electrons. The molecule has 0 unspecified atom stereocenters. The third-order valence-electron chi connectivity index (χ3n) is 3.26. The number of aromatic nitrogens is 2. The Morgan fingerprint density at radius 2 is 1.91 bits per heavy atom. The standard InChI is InChI=1S/C16H12FN3O2S/c17-10-6-4-9(5-7-10)13(21)8-23-16-19-12-3-1-2-11(15(18)22)14(12)20-16/h1-7H,8H2,(H2,18,22)(H,19,20). The highest BCUT2D eigenvalue weighted by atomic mass is 32.2. The Kier molecular flexibility index (Phi) is 4.12. The molecule has 0 saturated heterocycles. The van der Waals surface area contributed by atoms with Gasteiger partial charge in [0.1, 0.15) is 11.3 Å². The Labute approximate surface area is 135 Å². The van der Waals surface area contributed by atoms with Gasteiger partial charge in [-0.05, 0) is 36.4 Å². The molecule has 0 bridgehead atoms. The summed E-state index contributed by atoms with van der Waals surface area (Å²) in [6.07, 6.45) is 0. The summed E-state index contributed by atoms with van der Waals surface area (Å²) >= 11 is 1.21. The fraction of sp³-hybridized carbons (Fsp3) is 0.0625. The van der Waals surface area contributed by atoms with Crippen molar-refractivity contribution in [3.8, 4) is 0 Å². The molecular formula is C16H12FN3O2S. The average Bonchev–Trinajstić information content (AvgIpc) is 2.95. The third kappa shape index (κ3) is 3.24. The molecule has 0 aliphatic heterocycles. The van der Waals surface area contributed by atoms with Gasteiger partial charge in [0, 0.05) is 5.56 Å². The van der Waals surface area contributed by atoms with Gasteiger partial charge >= 0.3 is 0 Å². The number of rotatable bonds is 5. The lowest BCUT2D eigenvalue weighted by molar-refractivity contribution is 0.0998. The van der Waals surface area contributed by atoms with E-state index in [1.54, 1.807) is 18.2 Å². The molecule has 3 rings (SSSR count). The topological polar surface area (TPSA) is 88.8 Å². The number of carbonyl (C=O) groups is 2. The molecule has 0 aliphatic rings. The van der Waals surface area contributed by atoms with Crippen LogP contribution in [0.5, 0.6) is 0 Å². The number of H-pyrrole nitrogens is 1. The molecule has 116 valence electrons. The van der Waals surface area contributed by atoms with Crippen LogP contribution in [0.1, 0.15) is 20.7 Å². The van der Waals surface area contributed by atoms with Crippen LogP contribution in [0, 0.1) is 5.82 Å². The van der Waals surface area contributed by atoms with Crippen LogP contribution in [0.3, 0.4) is 0 Å². The molecule has 7 heteroatoms. The van der Waals surface area contributed by atoms with Gasteiger partial charge in [-0.1, -0.05) is 17.8 Å². The van der Waals surface area contributed by atoms with Gasteiger partial charge in [0.05, 0.1) is 16.8 Å². The van der Waals surface area contributed by atoms with Crippen LogP contribution in [0.15, 0.2) is 47.6 Å². The van der Waals surface area contributed by atoms with E-state index < -0.39 is 5.91 Å². The molecule has 1 aromatic heterocycles. The predicted octanol–water partition coefficient (Wildman–Crippen LogP) is 2.78. The summed E-state index contributed by atoms with van der Waals surface area (Å²) in [5.41, 5.74) is 7.24. The second-order valence-corrected chi connectivity index (χ2v) is 5.79. The number of aromatic amines is 1. The number of benzene rings is 2. The van der Waals surface area contributed by atoms with Gasteiger partial charge in [0.15, 0.2) is 10.9 Å². The Morgan fingerprint density at radius 3 is 2.61 bits per heavy atom. The minimum Gasteiger partial charge on any atom is -0.366 e. The zero-order valence-electron chi connectivity index (χ0n) is 11.9. The number of hydrogen-bond donors (Lipinski definition) is 2. The monoisotopic (exact) mass is 329 g/mol. The number of thioether (sulfide) groups is 1. The highest BCUT2D eigenvalue weighted by Crippen LogP contribution is 2.22. The lowest BCUT2D eigenvalue weighted by atomic mass is 10.1. The Balaban J connectivity index is 1.77. The first kappa shape index (κ1) is 15.2. The van der Waals surface area contributed by atoms with E-state index in [1.165, 1.54) is 36.0 Å². The second-order valence-electron chi connectivity index (χ2n) is 4.83. The van der Waals surface area contributed by atoms with Crippen molar-refractivity contribution >= 4 is 34.5 Å². The summed E-state index contributed by atoms with van der Waals surface area (Å²) in [6.45, 7) is 0. The molecule has 0 aliphatic carbocycles. The fourth-order valence-electron chi connectivity index (χ4n) is 2.13. The molecular weight excluding hydrogens is 317 g/mol. The molecule has 1 heterocycles. The zero-order valence-corrected chi connectivity index (χ0v) is 12.7. The summed E-state index contributed by atoms with van der Waals surface area (Å²) in [6, 6.07) is 10.5. The minimum atomic E-state index is -0.555. The molecule has 5 nitrogen and oxygen atoms in total. The molecule has 23 heavy (non-hydrogen) atoms. The van der Waals surface area contributed by atoms with Crippen LogP contribution in [-0.4, -0.2) is 27.4 Å². The SMILES string of the molecule is NC(=O)c1cccc2[nH]c(SCC(=O)c3ccc(F)cc3)nc12. The van der Waals surface area contributed by atoms with Gasteiger partial charge in [0.2, 0.25) is 0 Å². The minimum absolute atomic E-state index is 0.134. The summed E-state index contributed by atoms with van der Waals surface area (Å²) in [5.74, 6) is -0.922. The summed E-state index contributed by atoms with van der Waals surface area (Å²) in [7, 11) is 0. The number of ketones is 1. The molecule has 3 aromatic rings. The van der Waals surface area contributed by atoms with Gasteiger partial charge in [-0.2, -0.15) is 0 Å². The van der Waals surface area contributed by atoms with Gasteiger partial charge in [-0.15, -0.1) is 0 Å². The summed E-state index contributed by atoms with van der Waals surface area (Å²) in [4.78, 5) is 30.8. The van der Waals surface area contributed by atoms with Gasteiger partial charge in [0.25, 0.3) is 5.91 Å². The number of para-hydroxylation sites is 1. The van der Waals surface area contributed by atoms with Crippen molar-refractivity contribution in [1.29, 1.82) is 0 Å². The quantitative estimate of drug-likeness (QED) is 0.556. The van der Waals surface area contributed by atoms with E-state index in [-0.39, 0.29) is 17.4 Å². The van der Waals surface area contributed by atoms with E-state index in [1.807, 2.05) is 0 Å². The van der Waals surface area contributed by atoms with Crippen molar-refractivity contribution in [2.45, 2.75) is 5.16 Å². The van der Waals surface area contributed by atoms with E-state index in [0.717, 1.165) is 0 Å². The van der Waals surface area contributed by atoms with Crippen molar-refractivity contribution in [1.82, 2.24) is 9.97 Å². The van der Waals surface area contributed by atoms with Crippen molar-refractivity contribution in [3.63, 3.8) is 0 Å². The number of hydrogen-bond acceptors (Lipinski definition) is 4. The largest absolute Gasteiger partial charge is 0.366 e. The van der Waals surface area contributed by atoms with Crippen LogP contribution >= 0.6 is 11.8 Å². The Morgan fingerprint density at radius 1 is 1.17 bits per heavy atom. The van der Waals surface area contributed by atoms with E-state index >= 15 is 0 Å². The highest BCUT2D eigenvalue weighted by Gasteiger charge is 2.13. The number of fused-ring (bicyclic) bond motifs is 1. The highest BCUT2D eigenvalue weighted by molar-refractivity contribution is 7.99. The van der Waals surface area contributed by atoms with Gasteiger partial charge in [-0.3, -0.25) is 9.59 Å². The predicted molar refractivity (Wildman–Crippen MR) is 86.1 cm³/mol. The number of primary amides is 1. The molecule has 0 spiro atoms. The number of nitrogens with one attached hydrogen (secondary N) is 1. The summed E-state index contributed by atoms with van der Waals surface area (Å²) in [5, 5.41) is 0.518. The maximum absolute atomic E-state index is 12.9. The van der Waals surface area contributed by atoms with Gasteiger partial charge < -0.3 is 10.7 Å². The third-order valence-corrected chi connectivity index (χ3v) is 4.14. The number of nitrogens with zero attached hydrogens (tertiary/aromatic N) is 1. The number of Topliss-reactive ketones (excluding diaryl/α,β-unsaturated/α-hetero) is 1.